The van der Waals surface area contributed by atoms with Gasteiger partial charge in [-0.25, -0.2) is 9.97 Å². The zero-order valence-electron chi connectivity index (χ0n) is 38.3. The molecule has 6 aromatic rings. The van der Waals surface area contributed by atoms with Gasteiger partial charge in [-0.1, -0.05) is 123 Å². The van der Waals surface area contributed by atoms with Crippen molar-refractivity contribution in [1.29, 1.82) is 0 Å². The zero-order chi connectivity index (χ0) is 48.7. The summed E-state index contributed by atoms with van der Waals surface area (Å²) in [7, 11) is 0. The number of nitrogens with zero attached hydrogens (tertiary/aromatic N) is 7. The molecular weight excluding hydrogens is 1170 g/mol. The Morgan fingerprint density at radius 3 is 1.44 bits per heavy atom. The van der Waals surface area contributed by atoms with E-state index in [0.717, 1.165) is 105 Å². The van der Waals surface area contributed by atoms with Crippen molar-refractivity contribution in [3.05, 3.63) is 163 Å². The Kier molecular flexibility index (Phi) is 35.7. The third kappa shape index (κ3) is 22.4. The molecular formula is C50H59Cl7IN8NaO4. The summed E-state index contributed by atoms with van der Waals surface area (Å²) in [6.45, 7) is 12.5. The first-order chi connectivity index (χ1) is 32.4. The van der Waals surface area contributed by atoms with Crippen molar-refractivity contribution < 1.29 is 72.7 Å². The van der Waals surface area contributed by atoms with Gasteiger partial charge in [0.15, 0.2) is 0 Å². The molecule has 0 spiro atoms. The molecule has 0 saturated carbocycles. The van der Waals surface area contributed by atoms with Gasteiger partial charge in [0.2, 0.25) is 0 Å². The largest absolute Gasteiger partial charge is 1.00 e. The summed E-state index contributed by atoms with van der Waals surface area (Å²) in [4.78, 5) is 48.3. The summed E-state index contributed by atoms with van der Waals surface area (Å²) >= 11 is 42.7. The first-order valence-electron chi connectivity index (χ1n) is 21.3. The number of rotatable bonds is 11. The summed E-state index contributed by atoms with van der Waals surface area (Å²) in [6, 6.07) is 27.9. The quantitative estimate of drug-likeness (QED) is 0.0867. The van der Waals surface area contributed by atoms with E-state index >= 15 is 0 Å². The summed E-state index contributed by atoms with van der Waals surface area (Å²) < 4.78 is 4.18. The molecule has 380 valence electrons. The van der Waals surface area contributed by atoms with Crippen LogP contribution in [0.5, 0.6) is 0 Å². The van der Waals surface area contributed by atoms with Gasteiger partial charge in [0.1, 0.15) is 0 Å². The fraction of sp³-hybridized carbons (Fsp3) is 0.360. The van der Waals surface area contributed by atoms with Crippen molar-refractivity contribution in [3.8, 4) is 0 Å². The SMILES string of the molecule is C.C.CCc1cn(CCCl)cn1.CCc1cn(CCN2CCN(c3ccc(Cl)cc3Cl)[C@H](c3ccc(Cl)cc3)C2)cn1.Clc1ccc([C@@H]2CNCCN2c2ccc(Cl)cc2Cl)cc1.O=C=O.O=C=O.[I-].[Na+]. The average Bonchev–Trinajstić information content (AvgIpc) is 4.00. The van der Waals surface area contributed by atoms with Crippen LogP contribution < -0.4 is 68.7 Å². The van der Waals surface area contributed by atoms with Gasteiger partial charge in [-0.05, 0) is 84.6 Å². The Bertz CT molecular complexity index is 2480. The second-order valence-corrected chi connectivity index (χ2v) is 17.9. The van der Waals surface area contributed by atoms with E-state index in [0.29, 0.717) is 26.0 Å². The number of alkyl halides is 1. The van der Waals surface area contributed by atoms with Gasteiger partial charge in [-0.15, -0.1) is 11.6 Å². The minimum atomic E-state index is 0. The van der Waals surface area contributed by atoms with Crippen molar-refractivity contribution in [2.24, 2.45) is 0 Å². The molecule has 0 unspecified atom stereocenters. The van der Waals surface area contributed by atoms with Gasteiger partial charge < -0.3 is 48.2 Å². The van der Waals surface area contributed by atoms with Crippen LogP contribution in [0.3, 0.4) is 0 Å². The molecule has 12 nitrogen and oxygen atoms in total. The van der Waals surface area contributed by atoms with Crippen molar-refractivity contribution in [2.75, 3.05) is 61.5 Å². The monoisotopic (exact) mass is 1230 g/mol. The Morgan fingerprint density at radius 2 is 1.01 bits per heavy atom. The van der Waals surface area contributed by atoms with E-state index < -0.39 is 0 Å². The molecule has 0 bridgehead atoms. The predicted molar refractivity (Wildman–Crippen MR) is 283 cm³/mol. The van der Waals surface area contributed by atoms with Crippen molar-refractivity contribution in [2.45, 2.75) is 66.7 Å². The molecule has 21 heteroatoms. The first-order valence-corrected chi connectivity index (χ1v) is 24.1. The molecule has 0 amide bonds. The molecule has 2 saturated heterocycles. The second kappa shape index (κ2) is 37.1. The number of imidazole rings is 2. The fourth-order valence-electron chi connectivity index (χ4n) is 7.48. The Morgan fingerprint density at radius 1 is 0.592 bits per heavy atom. The predicted octanol–water partition coefficient (Wildman–Crippen LogP) is 6.56. The number of anilines is 2. The number of halogens is 8. The molecule has 2 aliphatic heterocycles. The first kappa shape index (κ1) is 68.3. The van der Waals surface area contributed by atoms with Crippen LogP contribution in [0.15, 0.2) is 110 Å². The maximum absolute atomic E-state index is 8.12. The number of carbonyl (C=O) groups excluding carboxylic acids is 4. The average molecular weight is 1230 g/mol. The zero-order valence-corrected chi connectivity index (χ0v) is 47.8. The number of nitrogens with one attached hydrogen (secondary N) is 1. The Hall–Kier alpha value is -2.66. The number of hydrogen-bond acceptors (Lipinski definition) is 10. The molecule has 2 aromatic heterocycles. The summed E-state index contributed by atoms with van der Waals surface area (Å²) in [5.74, 6) is 0.652. The van der Waals surface area contributed by atoms with Gasteiger partial charge in [0.25, 0.3) is 0 Å². The van der Waals surface area contributed by atoms with Gasteiger partial charge in [0, 0.05) is 97.3 Å². The molecule has 2 atom stereocenters. The molecule has 2 fully saturated rings. The Balaban J connectivity index is 0.00000104. The molecule has 1 N–H and O–H groups in total. The smallest absolute Gasteiger partial charge is 1.00 e. The van der Waals surface area contributed by atoms with Gasteiger partial charge >= 0.3 is 41.9 Å². The van der Waals surface area contributed by atoms with Gasteiger partial charge in [0.05, 0.1) is 57.5 Å². The van der Waals surface area contributed by atoms with Crippen molar-refractivity contribution in [1.82, 2.24) is 29.3 Å². The standard InChI is InChI=1S/C23H25Cl3N4.C16H15Cl3N2.C7H11ClN2.2CO2.2CH4.HI.Na/c1-2-20-14-29(16-27-20)10-9-28-11-12-30(22-8-7-19(25)13-21(22)26)23(15-28)17-3-5-18(24)6-4-17;17-12-3-1-11(2-4-12)16-10-20-7-8-21(16)15-6-5-13(18)9-14(15)19;1-2-7-5-10(4-3-8)6-9-7;2*2-1-3;;;;/h3-8,13-14,16,23H,2,9-12,15H2,1H3;1-6,9,16,20H,7-8,10H2;5-6H,2-4H2,1H3;;;2*1H4;1H;/q;;;;;;;;+1/p-1/t23-;16-;;;;;;;/m00......./s1. The van der Waals surface area contributed by atoms with E-state index in [1.165, 1.54) is 11.1 Å². The molecule has 2 aliphatic rings. The number of aromatic nitrogens is 4. The molecule has 71 heavy (non-hydrogen) atoms. The summed E-state index contributed by atoms with van der Waals surface area (Å²) in [5.41, 5.74) is 6.75. The number of benzene rings is 4. The minimum Gasteiger partial charge on any atom is -1.00 e. The van der Waals surface area contributed by atoms with Crippen LogP contribution >= 0.6 is 81.2 Å². The third-order valence-corrected chi connectivity index (χ3v) is 12.5. The van der Waals surface area contributed by atoms with Crippen LogP contribution in [0.25, 0.3) is 0 Å². The Labute approximate surface area is 492 Å². The van der Waals surface area contributed by atoms with E-state index in [2.05, 4.69) is 78.9 Å². The van der Waals surface area contributed by atoms with E-state index in [-0.39, 0.29) is 92.8 Å². The summed E-state index contributed by atoms with van der Waals surface area (Å²) in [6.07, 6.45) is 10.4. The summed E-state index contributed by atoms with van der Waals surface area (Å²) in [5, 5.41) is 7.60. The normalized spacial score (nSPS) is 14.6. The van der Waals surface area contributed by atoms with E-state index in [1.54, 1.807) is 6.07 Å². The molecule has 0 aliphatic carbocycles. The van der Waals surface area contributed by atoms with E-state index in [9.17, 15) is 0 Å². The van der Waals surface area contributed by atoms with Crippen LogP contribution in [0.4, 0.5) is 11.4 Å². The molecule has 0 radical (unpaired) electrons. The molecule has 4 aromatic carbocycles. The van der Waals surface area contributed by atoms with Crippen LogP contribution in [-0.4, -0.2) is 88.0 Å². The van der Waals surface area contributed by atoms with Gasteiger partial charge in [-0.3, -0.25) is 4.90 Å². The fourth-order valence-corrected chi connectivity index (χ4v) is 8.96. The van der Waals surface area contributed by atoms with Crippen LogP contribution in [0, 0.1) is 0 Å². The topological polar surface area (TPSA) is 126 Å². The van der Waals surface area contributed by atoms with E-state index in [4.69, 9.17) is 100 Å². The van der Waals surface area contributed by atoms with Crippen molar-refractivity contribution >= 4 is 105 Å². The minimum absolute atomic E-state index is 0. The van der Waals surface area contributed by atoms with Crippen LogP contribution in [-0.2, 0) is 45.1 Å². The van der Waals surface area contributed by atoms with Gasteiger partial charge in [-0.2, -0.15) is 19.2 Å². The second-order valence-electron chi connectivity index (χ2n) is 15.0. The van der Waals surface area contributed by atoms with Crippen LogP contribution in [0.2, 0.25) is 30.1 Å². The maximum atomic E-state index is 8.12. The van der Waals surface area contributed by atoms with Crippen molar-refractivity contribution in [3.63, 3.8) is 0 Å². The molecule has 8 rings (SSSR count). The van der Waals surface area contributed by atoms with Crippen LogP contribution in [0.1, 0.15) is 63.3 Å². The maximum Gasteiger partial charge on any atom is 1.00 e. The number of hydrogen-bond donors (Lipinski definition) is 1. The number of piperazine rings is 2. The third-order valence-electron chi connectivity index (χ3n) is 10.8. The molecule has 4 heterocycles. The number of aryl methyl sites for hydroxylation is 3. The van der Waals surface area contributed by atoms with E-state index in [1.807, 2.05) is 78.0 Å².